The van der Waals surface area contributed by atoms with Crippen LogP contribution in [0, 0.1) is 0 Å². The fourth-order valence-electron chi connectivity index (χ4n) is 1.67. The first-order valence-corrected chi connectivity index (χ1v) is 5.13. The third kappa shape index (κ3) is 1.89. The number of rotatable bonds is 2. The SMILES string of the molecule is CN(C)C(=O)Cc1ccc2c(c1)C=CC2=O. The lowest BCUT2D eigenvalue weighted by molar-refractivity contribution is -0.127. The van der Waals surface area contributed by atoms with Crippen molar-refractivity contribution < 1.29 is 9.59 Å². The topological polar surface area (TPSA) is 37.4 Å². The van der Waals surface area contributed by atoms with E-state index in [0.29, 0.717) is 6.42 Å². The number of hydrogen-bond acceptors (Lipinski definition) is 2. The molecule has 0 N–H and O–H groups in total. The van der Waals surface area contributed by atoms with Gasteiger partial charge >= 0.3 is 0 Å². The van der Waals surface area contributed by atoms with E-state index in [1.54, 1.807) is 37.2 Å². The minimum Gasteiger partial charge on any atom is -0.349 e. The molecular formula is C13H13NO2. The van der Waals surface area contributed by atoms with Gasteiger partial charge in [-0.05, 0) is 17.2 Å². The van der Waals surface area contributed by atoms with Crippen molar-refractivity contribution in [3.63, 3.8) is 0 Å². The van der Waals surface area contributed by atoms with Gasteiger partial charge in [0.25, 0.3) is 0 Å². The zero-order valence-corrected chi connectivity index (χ0v) is 9.36. The monoisotopic (exact) mass is 215 g/mol. The Bertz CT molecular complexity index is 487. The van der Waals surface area contributed by atoms with Crippen molar-refractivity contribution in [1.82, 2.24) is 4.90 Å². The lowest BCUT2D eigenvalue weighted by atomic mass is 10.0. The van der Waals surface area contributed by atoms with E-state index < -0.39 is 0 Å². The second-order valence-corrected chi connectivity index (χ2v) is 4.08. The highest BCUT2D eigenvalue weighted by molar-refractivity contribution is 6.13. The highest BCUT2D eigenvalue weighted by Crippen LogP contribution is 2.21. The fourth-order valence-corrected chi connectivity index (χ4v) is 1.67. The molecule has 1 aliphatic carbocycles. The molecule has 0 saturated heterocycles. The van der Waals surface area contributed by atoms with Crippen molar-refractivity contribution in [3.8, 4) is 0 Å². The summed E-state index contributed by atoms with van der Waals surface area (Å²) in [7, 11) is 3.47. The molecule has 1 aromatic carbocycles. The predicted molar refractivity (Wildman–Crippen MR) is 62.2 cm³/mol. The number of allylic oxidation sites excluding steroid dienone is 1. The maximum Gasteiger partial charge on any atom is 0.226 e. The molecule has 1 aromatic rings. The molecule has 0 aromatic heterocycles. The second kappa shape index (κ2) is 3.93. The molecule has 0 spiro atoms. The van der Waals surface area contributed by atoms with E-state index in [-0.39, 0.29) is 11.7 Å². The van der Waals surface area contributed by atoms with E-state index in [0.717, 1.165) is 16.7 Å². The molecule has 2 rings (SSSR count). The molecule has 0 radical (unpaired) electrons. The number of nitrogens with zero attached hydrogens (tertiary/aromatic N) is 1. The lowest BCUT2D eigenvalue weighted by Gasteiger charge is -2.10. The summed E-state index contributed by atoms with van der Waals surface area (Å²) in [4.78, 5) is 24.4. The number of carbonyl (C=O) groups is 2. The fraction of sp³-hybridized carbons (Fsp3) is 0.231. The Balaban J connectivity index is 2.23. The largest absolute Gasteiger partial charge is 0.349 e. The Morgan fingerprint density at radius 2 is 2.00 bits per heavy atom. The lowest BCUT2D eigenvalue weighted by Crippen LogP contribution is -2.23. The molecule has 1 aliphatic rings. The van der Waals surface area contributed by atoms with E-state index in [1.165, 1.54) is 0 Å². The molecule has 0 fully saturated rings. The van der Waals surface area contributed by atoms with Gasteiger partial charge in [0.15, 0.2) is 5.78 Å². The summed E-state index contributed by atoms with van der Waals surface area (Å²) in [5.41, 5.74) is 2.58. The van der Waals surface area contributed by atoms with Crippen molar-refractivity contribution in [3.05, 3.63) is 41.0 Å². The number of fused-ring (bicyclic) bond motifs is 1. The Morgan fingerprint density at radius 1 is 1.25 bits per heavy atom. The number of amides is 1. The minimum absolute atomic E-state index is 0.0421. The molecule has 0 saturated carbocycles. The molecule has 16 heavy (non-hydrogen) atoms. The number of likely N-dealkylation sites (N-methyl/N-ethyl adjacent to an activating group) is 1. The van der Waals surface area contributed by atoms with Crippen LogP contribution in [-0.4, -0.2) is 30.7 Å². The van der Waals surface area contributed by atoms with Crippen LogP contribution in [-0.2, 0) is 11.2 Å². The second-order valence-electron chi connectivity index (χ2n) is 4.08. The highest BCUT2D eigenvalue weighted by Gasteiger charge is 2.14. The van der Waals surface area contributed by atoms with Crippen LogP contribution in [0.25, 0.3) is 6.08 Å². The zero-order chi connectivity index (χ0) is 11.7. The van der Waals surface area contributed by atoms with Gasteiger partial charge in [0.2, 0.25) is 5.91 Å². The molecule has 82 valence electrons. The van der Waals surface area contributed by atoms with E-state index in [2.05, 4.69) is 0 Å². The van der Waals surface area contributed by atoms with Gasteiger partial charge < -0.3 is 4.90 Å². The third-order valence-corrected chi connectivity index (χ3v) is 2.65. The smallest absolute Gasteiger partial charge is 0.226 e. The third-order valence-electron chi connectivity index (χ3n) is 2.65. The van der Waals surface area contributed by atoms with Crippen molar-refractivity contribution >= 4 is 17.8 Å². The van der Waals surface area contributed by atoms with Crippen molar-refractivity contribution in [2.45, 2.75) is 6.42 Å². The van der Waals surface area contributed by atoms with Crippen LogP contribution in [0.1, 0.15) is 21.5 Å². The van der Waals surface area contributed by atoms with Crippen LogP contribution in [0.3, 0.4) is 0 Å². The van der Waals surface area contributed by atoms with Gasteiger partial charge in [-0.1, -0.05) is 24.3 Å². The van der Waals surface area contributed by atoms with Crippen LogP contribution in [0.4, 0.5) is 0 Å². The summed E-state index contributed by atoms with van der Waals surface area (Å²) in [6, 6.07) is 5.53. The Labute approximate surface area is 94.4 Å². The zero-order valence-electron chi connectivity index (χ0n) is 9.36. The van der Waals surface area contributed by atoms with Gasteiger partial charge in [-0.25, -0.2) is 0 Å². The van der Waals surface area contributed by atoms with Gasteiger partial charge in [0.05, 0.1) is 6.42 Å². The van der Waals surface area contributed by atoms with Gasteiger partial charge in [0, 0.05) is 19.7 Å². The average molecular weight is 215 g/mol. The van der Waals surface area contributed by atoms with E-state index in [1.807, 2.05) is 12.1 Å². The van der Waals surface area contributed by atoms with Crippen LogP contribution < -0.4 is 0 Å². The summed E-state index contributed by atoms with van der Waals surface area (Å²) in [5.74, 6) is 0.105. The van der Waals surface area contributed by atoms with Gasteiger partial charge in [-0.3, -0.25) is 9.59 Å². The van der Waals surface area contributed by atoms with Gasteiger partial charge in [-0.15, -0.1) is 0 Å². The van der Waals surface area contributed by atoms with Crippen molar-refractivity contribution in [1.29, 1.82) is 0 Å². The van der Waals surface area contributed by atoms with Crippen molar-refractivity contribution in [2.24, 2.45) is 0 Å². The Kier molecular flexibility index (Phi) is 2.60. The normalized spacial score (nSPS) is 12.8. The first-order chi connectivity index (χ1) is 7.58. The van der Waals surface area contributed by atoms with Crippen LogP contribution in [0.2, 0.25) is 0 Å². The molecule has 0 aliphatic heterocycles. The molecular weight excluding hydrogens is 202 g/mol. The summed E-state index contributed by atoms with van der Waals surface area (Å²) < 4.78 is 0. The summed E-state index contributed by atoms with van der Waals surface area (Å²) >= 11 is 0. The average Bonchev–Trinajstić information content (AvgIpc) is 2.60. The molecule has 3 heteroatoms. The molecule has 0 unspecified atom stereocenters. The number of carbonyl (C=O) groups excluding carboxylic acids is 2. The summed E-state index contributed by atoms with van der Waals surface area (Å²) in [6.07, 6.45) is 3.73. The Morgan fingerprint density at radius 3 is 2.69 bits per heavy atom. The Hall–Kier alpha value is -1.90. The molecule has 0 heterocycles. The molecule has 0 bridgehead atoms. The first-order valence-electron chi connectivity index (χ1n) is 5.13. The first kappa shape index (κ1) is 10.6. The van der Waals surface area contributed by atoms with Crippen LogP contribution in [0.15, 0.2) is 24.3 Å². The predicted octanol–water partition coefficient (Wildman–Crippen LogP) is 1.53. The number of benzene rings is 1. The highest BCUT2D eigenvalue weighted by atomic mass is 16.2. The molecule has 3 nitrogen and oxygen atoms in total. The van der Waals surface area contributed by atoms with Gasteiger partial charge in [-0.2, -0.15) is 0 Å². The van der Waals surface area contributed by atoms with E-state index in [4.69, 9.17) is 0 Å². The standard InChI is InChI=1S/C13H13NO2/c1-14(2)13(16)8-9-3-5-11-10(7-9)4-6-12(11)15/h3-7H,8H2,1-2H3. The van der Waals surface area contributed by atoms with E-state index >= 15 is 0 Å². The van der Waals surface area contributed by atoms with Gasteiger partial charge in [0.1, 0.15) is 0 Å². The summed E-state index contributed by atoms with van der Waals surface area (Å²) in [5, 5.41) is 0. The van der Waals surface area contributed by atoms with Crippen molar-refractivity contribution in [2.75, 3.05) is 14.1 Å². The molecule has 1 amide bonds. The minimum atomic E-state index is 0.0421. The number of ketones is 1. The number of hydrogen-bond donors (Lipinski definition) is 0. The summed E-state index contributed by atoms with van der Waals surface area (Å²) in [6.45, 7) is 0. The quantitative estimate of drug-likeness (QED) is 0.750. The maximum atomic E-state index is 11.5. The van der Waals surface area contributed by atoms with Crippen LogP contribution in [0.5, 0.6) is 0 Å². The molecule has 0 atom stereocenters. The van der Waals surface area contributed by atoms with E-state index in [9.17, 15) is 9.59 Å². The maximum absolute atomic E-state index is 11.5. The van der Waals surface area contributed by atoms with Crippen LogP contribution >= 0.6 is 0 Å².